The van der Waals surface area contributed by atoms with Gasteiger partial charge in [0.15, 0.2) is 0 Å². The van der Waals surface area contributed by atoms with Gasteiger partial charge in [0.2, 0.25) is 0 Å². The van der Waals surface area contributed by atoms with Crippen molar-refractivity contribution in [3.8, 4) is 5.75 Å². The molecular formula is C14H18F3NO. The quantitative estimate of drug-likeness (QED) is 0.888. The van der Waals surface area contributed by atoms with Gasteiger partial charge in [0.05, 0.1) is 0 Å². The predicted molar refractivity (Wildman–Crippen MR) is 66.8 cm³/mol. The lowest BCUT2D eigenvalue weighted by Gasteiger charge is -2.28. The molecule has 2 rings (SSSR count). The molecule has 0 amide bonds. The average molecular weight is 273 g/mol. The van der Waals surface area contributed by atoms with Crippen LogP contribution in [0.2, 0.25) is 0 Å². The van der Waals surface area contributed by atoms with E-state index in [1.807, 2.05) is 0 Å². The van der Waals surface area contributed by atoms with Gasteiger partial charge >= 0.3 is 6.36 Å². The first-order chi connectivity index (χ1) is 8.92. The molecular weight excluding hydrogens is 255 g/mol. The molecule has 19 heavy (non-hydrogen) atoms. The van der Waals surface area contributed by atoms with Gasteiger partial charge in [-0.3, -0.25) is 0 Å². The van der Waals surface area contributed by atoms with Crippen LogP contribution in [0.5, 0.6) is 5.75 Å². The number of ether oxygens (including phenoxy) is 1. The van der Waals surface area contributed by atoms with Gasteiger partial charge in [-0.2, -0.15) is 0 Å². The number of halogens is 3. The Hall–Kier alpha value is -1.23. The molecule has 0 heterocycles. The Kier molecular flexibility index (Phi) is 4.34. The minimum Gasteiger partial charge on any atom is -0.406 e. The van der Waals surface area contributed by atoms with Crippen LogP contribution in [0.1, 0.15) is 31.2 Å². The maximum absolute atomic E-state index is 12.0. The van der Waals surface area contributed by atoms with Gasteiger partial charge in [-0.15, -0.1) is 13.2 Å². The van der Waals surface area contributed by atoms with E-state index >= 15 is 0 Å². The molecule has 1 aliphatic rings. The zero-order chi connectivity index (χ0) is 13.9. The summed E-state index contributed by atoms with van der Waals surface area (Å²) in [4.78, 5) is 0. The fraction of sp³-hybridized carbons (Fsp3) is 0.571. The van der Waals surface area contributed by atoms with Gasteiger partial charge in [-0.25, -0.2) is 0 Å². The van der Waals surface area contributed by atoms with Crippen molar-refractivity contribution < 1.29 is 17.9 Å². The molecule has 0 aromatic heterocycles. The average Bonchev–Trinajstić information content (AvgIpc) is 2.24. The second kappa shape index (κ2) is 5.82. The summed E-state index contributed by atoms with van der Waals surface area (Å²) in [5, 5.41) is 0. The zero-order valence-electron chi connectivity index (χ0n) is 10.6. The Labute approximate surface area is 110 Å². The molecule has 0 bridgehead atoms. The lowest BCUT2D eigenvalue weighted by atomic mass is 9.80. The van der Waals surface area contributed by atoms with E-state index in [1.165, 1.54) is 31.4 Å². The smallest absolute Gasteiger partial charge is 0.406 e. The molecule has 0 spiro atoms. The first-order valence-corrected chi connectivity index (χ1v) is 6.52. The summed E-state index contributed by atoms with van der Waals surface area (Å²) in [5.41, 5.74) is 6.99. The Balaban J connectivity index is 1.83. The van der Waals surface area contributed by atoms with Crippen molar-refractivity contribution in [2.24, 2.45) is 11.7 Å². The summed E-state index contributed by atoms with van der Waals surface area (Å²) in [6.07, 6.45) is 0.866. The van der Waals surface area contributed by atoms with Gasteiger partial charge in [0.1, 0.15) is 5.75 Å². The molecule has 1 fully saturated rings. The molecule has 0 aliphatic heterocycles. The Morgan fingerprint density at radius 2 is 1.84 bits per heavy atom. The van der Waals surface area contributed by atoms with Crippen LogP contribution in [0, 0.1) is 5.92 Å². The van der Waals surface area contributed by atoms with Crippen LogP contribution < -0.4 is 10.5 Å². The molecule has 0 radical (unpaired) electrons. The van der Waals surface area contributed by atoms with Gasteiger partial charge in [-0.05, 0) is 36.5 Å². The molecule has 1 unspecified atom stereocenters. The fourth-order valence-electron chi connectivity index (χ4n) is 2.37. The van der Waals surface area contributed by atoms with Gasteiger partial charge in [0.25, 0.3) is 0 Å². The highest BCUT2D eigenvalue weighted by Crippen LogP contribution is 2.30. The normalized spacial score (nSPS) is 17.9. The van der Waals surface area contributed by atoms with Crippen molar-refractivity contribution in [3.63, 3.8) is 0 Å². The Bertz CT molecular complexity index is 398. The first-order valence-electron chi connectivity index (χ1n) is 6.52. The molecule has 2 nitrogen and oxygen atoms in total. The van der Waals surface area contributed by atoms with Crippen molar-refractivity contribution in [1.82, 2.24) is 0 Å². The van der Waals surface area contributed by atoms with Crippen LogP contribution >= 0.6 is 0 Å². The largest absolute Gasteiger partial charge is 0.573 e. The minimum absolute atomic E-state index is 0.0830. The Morgan fingerprint density at radius 3 is 2.32 bits per heavy atom. The molecule has 0 saturated heterocycles. The van der Waals surface area contributed by atoms with E-state index < -0.39 is 6.36 Å². The summed E-state index contributed by atoms with van der Waals surface area (Å²) in [6, 6.07) is 6.03. The summed E-state index contributed by atoms with van der Waals surface area (Å²) < 4.78 is 39.8. The van der Waals surface area contributed by atoms with Crippen LogP contribution in [0.4, 0.5) is 13.2 Å². The van der Waals surface area contributed by atoms with E-state index in [0.29, 0.717) is 6.42 Å². The standard InChI is InChI=1S/C14H18F3NO/c15-14(16,17)19-13-6-4-11(5-7-13)9-12(18)8-10-2-1-3-10/h4-7,10,12H,1-3,8-9,18H2. The second-order valence-corrected chi connectivity index (χ2v) is 5.19. The van der Waals surface area contributed by atoms with Gasteiger partial charge in [0, 0.05) is 6.04 Å². The van der Waals surface area contributed by atoms with Crippen LogP contribution in [0.25, 0.3) is 0 Å². The topological polar surface area (TPSA) is 35.2 Å². The second-order valence-electron chi connectivity index (χ2n) is 5.19. The highest BCUT2D eigenvalue weighted by Gasteiger charge is 2.31. The highest BCUT2D eigenvalue weighted by atomic mass is 19.4. The van der Waals surface area contributed by atoms with Crippen LogP contribution in [-0.2, 0) is 6.42 Å². The molecule has 1 saturated carbocycles. The lowest BCUT2D eigenvalue weighted by Crippen LogP contribution is -2.28. The number of alkyl halides is 3. The summed E-state index contributed by atoms with van der Waals surface area (Å²) in [6.45, 7) is 0. The third kappa shape index (κ3) is 4.74. The van der Waals surface area contributed by atoms with Crippen molar-refractivity contribution in [2.45, 2.75) is 44.5 Å². The van der Waals surface area contributed by atoms with Crippen molar-refractivity contribution in [1.29, 1.82) is 0 Å². The first kappa shape index (κ1) is 14.2. The highest BCUT2D eigenvalue weighted by molar-refractivity contribution is 5.27. The van der Waals surface area contributed by atoms with Crippen LogP contribution in [-0.4, -0.2) is 12.4 Å². The van der Waals surface area contributed by atoms with Gasteiger partial charge in [-0.1, -0.05) is 31.4 Å². The van der Waals surface area contributed by atoms with Crippen LogP contribution in [0.15, 0.2) is 24.3 Å². The lowest BCUT2D eigenvalue weighted by molar-refractivity contribution is -0.274. The van der Waals surface area contributed by atoms with Crippen molar-refractivity contribution in [2.75, 3.05) is 0 Å². The predicted octanol–water partition coefficient (Wildman–Crippen LogP) is 3.65. The van der Waals surface area contributed by atoms with Crippen LogP contribution in [0.3, 0.4) is 0 Å². The number of nitrogens with two attached hydrogens (primary N) is 1. The monoisotopic (exact) mass is 273 g/mol. The number of benzene rings is 1. The summed E-state index contributed by atoms with van der Waals surface area (Å²) in [5.74, 6) is 0.548. The molecule has 1 aromatic carbocycles. The number of hydrogen-bond acceptors (Lipinski definition) is 2. The third-order valence-electron chi connectivity index (χ3n) is 3.52. The van der Waals surface area contributed by atoms with E-state index in [9.17, 15) is 13.2 Å². The van der Waals surface area contributed by atoms with E-state index in [2.05, 4.69) is 4.74 Å². The molecule has 1 aliphatic carbocycles. The molecule has 5 heteroatoms. The molecule has 106 valence electrons. The zero-order valence-corrected chi connectivity index (χ0v) is 10.6. The van der Waals surface area contributed by atoms with Crippen molar-refractivity contribution in [3.05, 3.63) is 29.8 Å². The fourth-order valence-corrected chi connectivity index (χ4v) is 2.37. The number of rotatable bonds is 5. The summed E-state index contributed by atoms with van der Waals surface area (Å²) >= 11 is 0. The maximum atomic E-state index is 12.0. The molecule has 1 atom stereocenters. The van der Waals surface area contributed by atoms with E-state index in [-0.39, 0.29) is 11.8 Å². The number of hydrogen-bond donors (Lipinski definition) is 1. The molecule has 1 aromatic rings. The Morgan fingerprint density at radius 1 is 1.21 bits per heavy atom. The van der Waals surface area contributed by atoms with E-state index in [4.69, 9.17) is 5.73 Å². The van der Waals surface area contributed by atoms with E-state index in [0.717, 1.165) is 17.9 Å². The SMILES string of the molecule is NC(Cc1ccc(OC(F)(F)F)cc1)CC1CCC1. The third-order valence-corrected chi connectivity index (χ3v) is 3.52. The molecule has 2 N–H and O–H groups in total. The van der Waals surface area contributed by atoms with Crippen molar-refractivity contribution >= 4 is 0 Å². The maximum Gasteiger partial charge on any atom is 0.573 e. The van der Waals surface area contributed by atoms with E-state index in [1.54, 1.807) is 12.1 Å². The van der Waals surface area contributed by atoms with Gasteiger partial charge < -0.3 is 10.5 Å². The minimum atomic E-state index is -4.64. The summed E-state index contributed by atoms with van der Waals surface area (Å²) in [7, 11) is 0.